The Morgan fingerprint density at radius 2 is 1.82 bits per heavy atom. The molecule has 5 nitrogen and oxygen atoms in total. The number of hydrogen-bond donors (Lipinski definition) is 3. The fourth-order valence-corrected chi connectivity index (χ4v) is 2.86. The highest BCUT2D eigenvalue weighted by molar-refractivity contribution is 6.33. The fraction of sp³-hybridized carbons (Fsp3) is 0. The van der Waals surface area contributed by atoms with E-state index in [1.807, 2.05) is 24.3 Å². The first kappa shape index (κ1) is 12.7. The van der Waals surface area contributed by atoms with Crippen molar-refractivity contribution in [3.05, 3.63) is 47.4 Å². The summed E-state index contributed by atoms with van der Waals surface area (Å²) in [6, 6.07) is 12.7. The molecule has 0 amide bonds. The standard InChI is InChI=1S/C16H10BN3O2/c17-8-5-6-9-12(7-8)19-16(21)13(9)15-14(20-22)10-3-1-2-4-11(10)18-15/h1-7,18-19,21H. The summed E-state index contributed by atoms with van der Waals surface area (Å²) in [5.74, 6) is -0.0305. The number of nitrogens with one attached hydrogen (secondary N) is 2. The third kappa shape index (κ3) is 1.67. The van der Waals surface area contributed by atoms with Crippen LogP contribution in [0.15, 0.2) is 47.6 Å². The van der Waals surface area contributed by atoms with Gasteiger partial charge in [-0.25, -0.2) is 0 Å². The van der Waals surface area contributed by atoms with E-state index in [0.717, 1.165) is 16.3 Å². The summed E-state index contributed by atoms with van der Waals surface area (Å²) in [5.41, 5.74) is 3.36. The van der Waals surface area contributed by atoms with Gasteiger partial charge in [0.15, 0.2) is 5.88 Å². The van der Waals surface area contributed by atoms with Crippen molar-refractivity contribution >= 4 is 40.8 Å². The Bertz CT molecular complexity index is 1030. The molecular weight excluding hydrogens is 277 g/mol. The van der Waals surface area contributed by atoms with Crippen LogP contribution in [0.3, 0.4) is 0 Å². The monoisotopic (exact) mass is 287 g/mol. The average Bonchev–Trinajstić information content (AvgIpc) is 3.02. The number of nitrogens with zero attached hydrogens (tertiary/aromatic N) is 1. The fourth-order valence-electron chi connectivity index (χ4n) is 2.86. The SMILES string of the molecule is [B]c1ccc2c(-c3[nH]c4ccccc4c3N=O)c(O)[nH]c2c1. The molecule has 0 saturated carbocycles. The van der Waals surface area contributed by atoms with Gasteiger partial charge in [0.2, 0.25) is 0 Å². The summed E-state index contributed by atoms with van der Waals surface area (Å²) >= 11 is 0. The lowest BCUT2D eigenvalue weighted by molar-refractivity contribution is 0.460. The van der Waals surface area contributed by atoms with Crippen molar-refractivity contribution < 1.29 is 5.11 Å². The Hall–Kier alpha value is -3.02. The van der Waals surface area contributed by atoms with Crippen molar-refractivity contribution in [1.82, 2.24) is 9.97 Å². The molecular formula is C16H10BN3O2. The molecule has 2 aromatic carbocycles. The maximum atomic E-state index is 11.3. The molecule has 0 unspecified atom stereocenters. The maximum absolute atomic E-state index is 11.3. The molecule has 0 atom stereocenters. The molecule has 2 aromatic heterocycles. The predicted molar refractivity (Wildman–Crippen MR) is 88.1 cm³/mol. The number of aromatic amines is 2. The number of rotatable bonds is 2. The topological polar surface area (TPSA) is 81.2 Å². The highest BCUT2D eigenvalue weighted by atomic mass is 16.3. The number of benzene rings is 2. The smallest absolute Gasteiger partial charge is 0.199 e. The van der Waals surface area contributed by atoms with Gasteiger partial charge in [0.25, 0.3) is 0 Å². The van der Waals surface area contributed by atoms with Crippen molar-refractivity contribution in [2.45, 2.75) is 0 Å². The first-order valence-corrected chi connectivity index (χ1v) is 6.73. The zero-order valence-corrected chi connectivity index (χ0v) is 11.4. The quantitative estimate of drug-likeness (QED) is 0.391. The van der Waals surface area contributed by atoms with Crippen molar-refractivity contribution in [3.8, 4) is 17.1 Å². The van der Waals surface area contributed by atoms with Gasteiger partial charge in [-0.1, -0.05) is 35.8 Å². The molecule has 0 bridgehead atoms. The molecule has 2 heterocycles. The maximum Gasteiger partial charge on any atom is 0.199 e. The Kier molecular flexibility index (Phi) is 2.59. The van der Waals surface area contributed by atoms with Gasteiger partial charge in [-0.05, 0) is 17.3 Å². The van der Waals surface area contributed by atoms with Crippen molar-refractivity contribution in [2.24, 2.45) is 5.18 Å². The number of aromatic nitrogens is 2. The van der Waals surface area contributed by atoms with Gasteiger partial charge in [-0.2, -0.15) is 0 Å². The second-order valence-electron chi connectivity index (χ2n) is 5.14. The summed E-state index contributed by atoms with van der Waals surface area (Å²) < 4.78 is 0. The summed E-state index contributed by atoms with van der Waals surface area (Å²) in [6.45, 7) is 0. The van der Waals surface area contributed by atoms with Gasteiger partial charge < -0.3 is 15.1 Å². The summed E-state index contributed by atoms with van der Waals surface area (Å²) in [5, 5.41) is 14.9. The minimum atomic E-state index is -0.0305. The Balaban J connectivity index is 2.11. The third-order valence-corrected chi connectivity index (χ3v) is 3.82. The van der Waals surface area contributed by atoms with Gasteiger partial charge in [0.05, 0.1) is 11.3 Å². The third-order valence-electron chi connectivity index (χ3n) is 3.82. The molecule has 3 N–H and O–H groups in total. The Morgan fingerprint density at radius 3 is 2.64 bits per heavy atom. The van der Waals surface area contributed by atoms with Crippen LogP contribution in [0.1, 0.15) is 0 Å². The van der Waals surface area contributed by atoms with Crippen molar-refractivity contribution in [2.75, 3.05) is 0 Å². The number of hydrogen-bond acceptors (Lipinski definition) is 3. The van der Waals surface area contributed by atoms with Crippen molar-refractivity contribution in [3.63, 3.8) is 0 Å². The lowest BCUT2D eigenvalue weighted by Gasteiger charge is -1.99. The van der Waals surface area contributed by atoms with Crippen LogP contribution in [-0.4, -0.2) is 22.9 Å². The van der Waals surface area contributed by atoms with Crippen LogP contribution >= 0.6 is 0 Å². The summed E-state index contributed by atoms with van der Waals surface area (Å²) in [7, 11) is 5.76. The highest BCUT2D eigenvalue weighted by Crippen LogP contribution is 2.43. The van der Waals surface area contributed by atoms with Gasteiger partial charge in [0, 0.05) is 21.8 Å². The van der Waals surface area contributed by atoms with Gasteiger partial charge in [0.1, 0.15) is 13.5 Å². The van der Waals surface area contributed by atoms with Crippen LogP contribution in [0.4, 0.5) is 5.69 Å². The largest absolute Gasteiger partial charge is 0.494 e. The average molecular weight is 287 g/mol. The number of para-hydroxylation sites is 1. The molecule has 4 rings (SSSR count). The Morgan fingerprint density at radius 1 is 1.00 bits per heavy atom. The predicted octanol–water partition coefficient (Wildman–Crippen LogP) is 3.21. The van der Waals surface area contributed by atoms with E-state index in [-0.39, 0.29) is 11.6 Å². The lowest BCUT2D eigenvalue weighted by Crippen LogP contribution is -1.99. The molecule has 0 aliphatic rings. The molecule has 104 valence electrons. The van der Waals surface area contributed by atoms with Crippen LogP contribution < -0.4 is 5.46 Å². The van der Waals surface area contributed by atoms with E-state index in [0.29, 0.717) is 22.2 Å². The second kappa shape index (κ2) is 4.49. The zero-order chi connectivity index (χ0) is 15.3. The Labute approximate surface area is 126 Å². The zero-order valence-electron chi connectivity index (χ0n) is 11.4. The molecule has 22 heavy (non-hydrogen) atoms. The first-order valence-electron chi connectivity index (χ1n) is 6.73. The minimum absolute atomic E-state index is 0.0305. The van der Waals surface area contributed by atoms with Crippen molar-refractivity contribution in [1.29, 1.82) is 0 Å². The number of aromatic hydroxyl groups is 1. The van der Waals surface area contributed by atoms with E-state index < -0.39 is 0 Å². The summed E-state index contributed by atoms with van der Waals surface area (Å²) in [6.07, 6.45) is 0. The van der Waals surface area contributed by atoms with Gasteiger partial charge in [-0.3, -0.25) is 0 Å². The second-order valence-corrected chi connectivity index (χ2v) is 5.14. The van der Waals surface area contributed by atoms with E-state index in [1.54, 1.807) is 18.2 Å². The number of fused-ring (bicyclic) bond motifs is 2. The van der Waals surface area contributed by atoms with E-state index in [4.69, 9.17) is 7.85 Å². The molecule has 6 heteroatoms. The van der Waals surface area contributed by atoms with Crippen LogP contribution in [0.25, 0.3) is 33.1 Å². The van der Waals surface area contributed by atoms with E-state index in [9.17, 15) is 10.0 Å². The first-order chi connectivity index (χ1) is 10.7. The van der Waals surface area contributed by atoms with E-state index >= 15 is 0 Å². The number of H-pyrrole nitrogens is 2. The lowest BCUT2D eigenvalue weighted by atomic mass is 9.94. The molecule has 0 aliphatic heterocycles. The normalized spacial score (nSPS) is 11.3. The van der Waals surface area contributed by atoms with Crippen LogP contribution in [0.2, 0.25) is 0 Å². The molecule has 0 saturated heterocycles. The van der Waals surface area contributed by atoms with Gasteiger partial charge >= 0.3 is 0 Å². The number of nitroso groups, excluding NO2 is 1. The van der Waals surface area contributed by atoms with Crippen LogP contribution in [-0.2, 0) is 0 Å². The molecule has 0 spiro atoms. The molecule has 2 radical (unpaired) electrons. The molecule has 0 aliphatic carbocycles. The summed E-state index contributed by atoms with van der Waals surface area (Å²) in [4.78, 5) is 17.4. The minimum Gasteiger partial charge on any atom is -0.494 e. The highest BCUT2D eigenvalue weighted by Gasteiger charge is 2.20. The molecule has 0 fully saturated rings. The molecule has 4 aromatic rings. The van der Waals surface area contributed by atoms with Crippen LogP contribution in [0.5, 0.6) is 5.88 Å². The van der Waals surface area contributed by atoms with Gasteiger partial charge in [-0.15, -0.1) is 4.91 Å². The van der Waals surface area contributed by atoms with E-state index in [1.165, 1.54) is 0 Å². The van der Waals surface area contributed by atoms with Crippen LogP contribution in [0, 0.1) is 4.91 Å². The van der Waals surface area contributed by atoms with E-state index in [2.05, 4.69) is 15.1 Å².